The van der Waals surface area contributed by atoms with Crippen molar-refractivity contribution in [3.8, 4) is 17.2 Å². The molecule has 0 unspecified atom stereocenters. The Morgan fingerprint density at radius 2 is 1.83 bits per heavy atom. The Bertz CT molecular complexity index is 888. The maximum absolute atomic E-state index is 13.4. The van der Waals surface area contributed by atoms with Crippen LogP contribution in [0.2, 0.25) is 10.0 Å². The van der Waals surface area contributed by atoms with Crippen LogP contribution in [0, 0.1) is 0 Å². The molecule has 0 aromatic heterocycles. The van der Waals surface area contributed by atoms with E-state index in [-0.39, 0.29) is 5.91 Å². The van der Waals surface area contributed by atoms with Gasteiger partial charge in [0, 0.05) is 18.7 Å². The number of fused-ring (bicyclic) bond motifs is 1. The van der Waals surface area contributed by atoms with Crippen LogP contribution in [0.25, 0.3) is 0 Å². The van der Waals surface area contributed by atoms with Gasteiger partial charge in [0.1, 0.15) is 13.2 Å². The Hall–Kier alpha value is -2.15. The van der Waals surface area contributed by atoms with Gasteiger partial charge in [-0.25, -0.2) is 0 Å². The van der Waals surface area contributed by atoms with E-state index in [0.29, 0.717) is 59.2 Å². The van der Waals surface area contributed by atoms with E-state index >= 15 is 0 Å². The van der Waals surface area contributed by atoms with E-state index in [1.165, 1.54) is 0 Å². The van der Waals surface area contributed by atoms with Crippen molar-refractivity contribution in [3.05, 3.63) is 51.5 Å². The first-order valence-electron chi connectivity index (χ1n) is 9.74. The number of methoxy groups -OCH3 is 1. The van der Waals surface area contributed by atoms with Crippen molar-refractivity contribution in [1.82, 2.24) is 9.80 Å². The Morgan fingerprint density at radius 1 is 1.07 bits per heavy atom. The molecule has 0 saturated carbocycles. The molecule has 8 heteroatoms. The average molecular weight is 453 g/mol. The first-order valence-corrected chi connectivity index (χ1v) is 10.5. The number of hydrogen-bond donors (Lipinski definition) is 0. The Labute approximate surface area is 187 Å². The summed E-state index contributed by atoms with van der Waals surface area (Å²) in [5, 5.41) is 0.957. The lowest BCUT2D eigenvalue weighted by Gasteiger charge is -2.26. The lowest BCUT2D eigenvalue weighted by molar-refractivity contribution is 0.0735. The van der Waals surface area contributed by atoms with E-state index in [0.717, 1.165) is 18.5 Å². The topological polar surface area (TPSA) is 51.2 Å². The molecular weight excluding hydrogens is 427 g/mol. The van der Waals surface area contributed by atoms with Crippen molar-refractivity contribution in [2.24, 2.45) is 0 Å². The standard InChI is InChI=1S/C22H26Cl2N2O4/c1-25(2)7-4-8-26(14-15-5-6-17(23)18(24)11-15)22(27)16-12-19(28-3)21-20(13-16)29-9-10-30-21/h5-6,11-13H,4,7-10,14H2,1-3H3. The molecule has 6 nitrogen and oxygen atoms in total. The number of rotatable bonds is 8. The van der Waals surface area contributed by atoms with Crippen LogP contribution in [0.5, 0.6) is 17.2 Å². The first kappa shape index (κ1) is 22.5. The number of carbonyl (C=O) groups excluding carboxylic acids is 1. The fourth-order valence-electron chi connectivity index (χ4n) is 3.27. The van der Waals surface area contributed by atoms with E-state index in [1.807, 2.05) is 20.2 Å². The van der Waals surface area contributed by atoms with Gasteiger partial charge in [0.2, 0.25) is 5.75 Å². The highest BCUT2D eigenvalue weighted by molar-refractivity contribution is 6.42. The van der Waals surface area contributed by atoms with E-state index in [1.54, 1.807) is 36.3 Å². The molecule has 0 aliphatic carbocycles. The van der Waals surface area contributed by atoms with Gasteiger partial charge in [0.15, 0.2) is 11.5 Å². The van der Waals surface area contributed by atoms with E-state index < -0.39 is 0 Å². The van der Waals surface area contributed by atoms with Gasteiger partial charge in [0.25, 0.3) is 5.91 Å². The largest absolute Gasteiger partial charge is 0.493 e. The van der Waals surface area contributed by atoms with Crippen LogP contribution in [-0.2, 0) is 6.54 Å². The third-order valence-electron chi connectivity index (χ3n) is 4.75. The lowest BCUT2D eigenvalue weighted by atomic mass is 10.1. The predicted octanol–water partition coefficient (Wildman–Crippen LogP) is 4.37. The van der Waals surface area contributed by atoms with Crippen molar-refractivity contribution in [2.45, 2.75) is 13.0 Å². The zero-order valence-electron chi connectivity index (χ0n) is 17.4. The van der Waals surface area contributed by atoms with Crippen molar-refractivity contribution in [2.75, 3.05) is 47.5 Å². The van der Waals surface area contributed by atoms with Crippen LogP contribution in [0.1, 0.15) is 22.3 Å². The summed E-state index contributed by atoms with van der Waals surface area (Å²) in [6, 6.07) is 8.83. The number of ether oxygens (including phenoxy) is 3. The van der Waals surface area contributed by atoms with Gasteiger partial charge < -0.3 is 24.0 Å². The van der Waals surface area contributed by atoms with E-state index in [9.17, 15) is 4.79 Å². The van der Waals surface area contributed by atoms with Crippen LogP contribution >= 0.6 is 23.2 Å². The minimum Gasteiger partial charge on any atom is -0.493 e. The molecule has 0 radical (unpaired) electrons. The van der Waals surface area contributed by atoms with Crippen LogP contribution in [0.4, 0.5) is 0 Å². The van der Waals surface area contributed by atoms with Crippen LogP contribution in [0.3, 0.4) is 0 Å². The zero-order valence-corrected chi connectivity index (χ0v) is 18.9. The Morgan fingerprint density at radius 3 is 2.53 bits per heavy atom. The summed E-state index contributed by atoms with van der Waals surface area (Å²) < 4.78 is 16.8. The van der Waals surface area contributed by atoms with Gasteiger partial charge >= 0.3 is 0 Å². The summed E-state index contributed by atoms with van der Waals surface area (Å²) >= 11 is 12.2. The molecule has 2 aromatic carbocycles. The number of benzene rings is 2. The maximum atomic E-state index is 13.4. The molecule has 162 valence electrons. The molecule has 0 spiro atoms. The molecule has 1 amide bonds. The normalized spacial score (nSPS) is 12.7. The number of halogens is 2. The second-order valence-electron chi connectivity index (χ2n) is 7.33. The molecule has 0 atom stereocenters. The Kier molecular flexibility index (Phi) is 7.69. The van der Waals surface area contributed by atoms with Crippen molar-refractivity contribution in [1.29, 1.82) is 0 Å². The van der Waals surface area contributed by atoms with Crippen LogP contribution in [0.15, 0.2) is 30.3 Å². The first-order chi connectivity index (χ1) is 14.4. The van der Waals surface area contributed by atoms with Gasteiger partial charge in [0.05, 0.1) is 17.2 Å². The molecule has 2 aromatic rings. The highest BCUT2D eigenvalue weighted by Gasteiger charge is 2.24. The second-order valence-corrected chi connectivity index (χ2v) is 8.15. The van der Waals surface area contributed by atoms with Gasteiger partial charge in [-0.15, -0.1) is 0 Å². The summed E-state index contributed by atoms with van der Waals surface area (Å²) in [7, 11) is 5.57. The van der Waals surface area contributed by atoms with Crippen LogP contribution < -0.4 is 14.2 Å². The minimum atomic E-state index is -0.116. The highest BCUT2D eigenvalue weighted by Crippen LogP contribution is 2.40. The fraction of sp³-hybridized carbons (Fsp3) is 0.409. The molecule has 1 aliphatic rings. The van der Waals surface area contributed by atoms with Crippen molar-refractivity contribution in [3.63, 3.8) is 0 Å². The third-order valence-corrected chi connectivity index (χ3v) is 5.49. The van der Waals surface area contributed by atoms with Crippen molar-refractivity contribution >= 4 is 29.1 Å². The maximum Gasteiger partial charge on any atom is 0.254 e. The molecular formula is C22H26Cl2N2O4. The number of hydrogen-bond acceptors (Lipinski definition) is 5. The zero-order chi connectivity index (χ0) is 21.7. The van der Waals surface area contributed by atoms with E-state index in [4.69, 9.17) is 37.4 Å². The van der Waals surface area contributed by atoms with Gasteiger partial charge in [-0.2, -0.15) is 0 Å². The summed E-state index contributed by atoms with van der Waals surface area (Å²) in [6.45, 7) is 2.76. The molecule has 30 heavy (non-hydrogen) atoms. The summed E-state index contributed by atoms with van der Waals surface area (Å²) in [4.78, 5) is 17.3. The van der Waals surface area contributed by atoms with Crippen molar-refractivity contribution < 1.29 is 19.0 Å². The Balaban J connectivity index is 1.87. The van der Waals surface area contributed by atoms with Gasteiger partial charge in [-0.05, 0) is 56.9 Å². The van der Waals surface area contributed by atoms with Crippen LogP contribution in [-0.4, -0.2) is 63.2 Å². The third kappa shape index (κ3) is 5.50. The fourth-order valence-corrected chi connectivity index (χ4v) is 3.59. The SMILES string of the molecule is COc1cc(C(=O)N(CCCN(C)C)Cc2ccc(Cl)c(Cl)c2)cc2c1OCCO2. The summed E-state index contributed by atoms with van der Waals surface area (Å²) in [5.41, 5.74) is 1.40. The molecule has 0 fully saturated rings. The minimum absolute atomic E-state index is 0.116. The lowest BCUT2D eigenvalue weighted by Crippen LogP contribution is -2.33. The molecule has 3 rings (SSSR count). The van der Waals surface area contributed by atoms with Gasteiger partial charge in [-0.1, -0.05) is 29.3 Å². The average Bonchev–Trinajstić information content (AvgIpc) is 2.74. The monoisotopic (exact) mass is 452 g/mol. The van der Waals surface area contributed by atoms with E-state index in [2.05, 4.69) is 4.90 Å². The van der Waals surface area contributed by atoms with Gasteiger partial charge in [-0.3, -0.25) is 4.79 Å². The smallest absolute Gasteiger partial charge is 0.254 e. The number of carbonyl (C=O) groups is 1. The molecule has 0 bridgehead atoms. The molecule has 0 saturated heterocycles. The molecule has 1 heterocycles. The molecule has 0 N–H and O–H groups in total. The second kappa shape index (κ2) is 10.2. The number of nitrogens with zero attached hydrogens (tertiary/aromatic N) is 2. The number of amides is 1. The predicted molar refractivity (Wildman–Crippen MR) is 118 cm³/mol. The summed E-state index contributed by atoms with van der Waals surface area (Å²) in [6.07, 6.45) is 0.835. The quantitative estimate of drug-likeness (QED) is 0.595. The molecule has 1 aliphatic heterocycles. The highest BCUT2D eigenvalue weighted by atomic mass is 35.5. The summed E-state index contributed by atoms with van der Waals surface area (Å²) in [5.74, 6) is 1.42.